The van der Waals surface area contributed by atoms with Crippen LogP contribution in [0.3, 0.4) is 0 Å². The molecule has 0 spiro atoms. The van der Waals surface area contributed by atoms with Crippen molar-refractivity contribution in [1.82, 2.24) is 9.47 Å². The van der Waals surface area contributed by atoms with Crippen molar-refractivity contribution in [2.24, 2.45) is 0 Å². The molecule has 0 aliphatic carbocycles. The van der Waals surface area contributed by atoms with Gasteiger partial charge in [-0.25, -0.2) is 4.39 Å². The number of benzene rings is 2. The first-order chi connectivity index (χ1) is 20.2. The molecule has 42 heavy (non-hydrogen) atoms. The lowest BCUT2D eigenvalue weighted by atomic mass is 10.0. The molecule has 2 aliphatic rings. The third kappa shape index (κ3) is 5.59. The van der Waals surface area contributed by atoms with E-state index in [0.717, 1.165) is 11.3 Å². The zero-order valence-corrected chi connectivity index (χ0v) is 25.5. The average Bonchev–Trinajstić information content (AvgIpc) is 3.28. The standard InChI is InChI=1S/C32H32FN5O2S2/c1-4-14-37-29(36-17-15-35(16-18-36)25-12-10-24(33)11-13-25)26(21(2)27(20-34)30(37)39)19-28-31(40)38(32(41)42-28)22(3)23-8-6-5-7-9-23/h5-13,19,22H,4,14-18H2,1-3H3/b28-19+. The van der Waals surface area contributed by atoms with E-state index in [1.807, 2.05) is 44.2 Å². The first-order valence-electron chi connectivity index (χ1n) is 14.0. The number of amides is 1. The van der Waals surface area contributed by atoms with Crippen molar-refractivity contribution in [2.75, 3.05) is 36.0 Å². The predicted octanol–water partition coefficient (Wildman–Crippen LogP) is 5.87. The van der Waals surface area contributed by atoms with E-state index in [-0.39, 0.29) is 28.9 Å². The molecule has 0 radical (unpaired) electrons. The van der Waals surface area contributed by atoms with Gasteiger partial charge >= 0.3 is 0 Å². The second-order valence-electron chi connectivity index (χ2n) is 10.4. The molecule has 1 atom stereocenters. The first kappa shape index (κ1) is 29.5. The lowest BCUT2D eigenvalue weighted by Gasteiger charge is -2.39. The minimum Gasteiger partial charge on any atom is -0.368 e. The fourth-order valence-corrected chi connectivity index (χ4v) is 6.97. The molecule has 3 heterocycles. The van der Waals surface area contributed by atoms with Crippen LogP contribution in [0.4, 0.5) is 15.9 Å². The summed E-state index contributed by atoms with van der Waals surface area (Å²) in [5.41, 5.74) is 2.91. The topological polar surface area (TPSA) is 72.6 Å². The Morgan fingerprint density at radius 2 is 1.69 bits per heavy atom. The van der Waals surface area contributed by atoms with Crippen molar-refractivity contribution in [3.63, 3.8) is 0 Å². The summed E-state index contributed by atoms with van der Waals surface area (Å²) in [5, 5.41) is 9.96. The molecule has 2 saturated heterocycles. The smallest absolute Gasteiger partial charge is 0.270 e. The van der Waals surface area contributed by atoms with Gasteiger partial charge in [-0.2, -0.15) is 5.26 Å². The van der Waals surface area contributed by atoms with Gasteiger partial charge < -0.3 is 9.80 Å². The summed E-state index contributed by atoms with van der Waals surface area (Å²) in [6.07, 6.45) is 2.51. The largest absolute Gasteiger partial charge is 0.368 e. The number of thiocarbonyl (C=S) groups is 1. The fourth-order valence-electron chi connectivity index (χ4n) is 5.57. The third-order valence-corrected chi connectivity index (χ3v) is 9.16. The van der Waals surface area contributed by atoms with Gasteiger partial charge in [-0.15, -0.1) is 0 Å². The molecule has 7 nitrogen and oxygen atoms in total. The van der Waals surface area contributed by atoms with Crippen LogP contribution in [0, 0.1) is 24.1 Å². The number of aromatic nitrogens is 1. The number of hydrogen-bond acceptors (Lipinski definition) is 7. The van der Waals surface area contributed by atoms with Crippen molar-refractivity contribution < 1.29 is 9.18 Å². The van der Waals surface area contributed by atoms with Crippen LogP contribution in [0.25, 0.3) is 6.08 Å². The Bertz CT molecular complexity index is 1640. The number of rotatable bonds is 7. The van der Waals surface area contributed by atoms with Gasteiger partial charge in [0.15, 0.2) is 0 Å². The lowest BCUT2D eigenvalue weighted by Crippen LogP contribution is -2.48. The Hall–Kier alpha value is -3.94. The molecule has 5 rings (SSSR count). The molecule has 3 aromatic rings. The van der Waals surface area contributed by atoms with Crippen LogP contribution in [0.5, 0.6) is 0 Å². The number of halogens is 1. The maximum Gasteiger partial charge on any atom is 0.270 e. The van der Waals surface area contributed by atoms with Gasteiger partial charge in [-0.05, 0) is 61.7 Å². The van der Waals surface area contributed by atoms with Crippen molar-refractivity contribution >= 4 is 51.8 Å². The molecular weight excluding hydrogens is 570 g/mol. The molecule has 10 heteroatoms. The zero-order chi connectivity index (χ0) is 30.0. The van der Waals surface area contributed by atoms with Gasteiger partial charge in [0.1, 0.15) is 27.6 Å². The molecule has 2 aromatic carbocycles. The number of carbonyl (C=O) groups is 1. The maximum atomic E-state index is 13.8. The van der Waals surface area contributed by atoms with Gasteiger partial charge in [0.2, 0.25) is 0 Å². The Balaban J connectivity index is 1.55. The van der Waals surface area contributed by atoms with E-state index >= 15 is 0 Å². The SMILES string of the molecule is CCCn1c(N2CCN(c3ccc(F)cc3)CC2)c(/C=C2/SC(=S)N(C(C)c3ccccc3)C2=O)c(C)c(C#N)c1=O. The number of anilines is 2. The van der Waals surface area contributed by atoms with E-state index in [2.05, 4.69) is 15.9 Å². The van der Waals surface area contributed by atoms with Crippen LogP contribution in [0.1, 0.15) is 48.6 Å². The van der Waals surface area contributed by atoms with Gasteiger partial charge in [-0.3, -0.25) is 19.1 Å². The minimum atomic E-state index is -0.324. The van der Waals surface area contributed by atoms with E-state index in [1.165, 1.54) is 23.9 Å². The van der Waals surface area contributed by atoms with Crippen LogP contribution >= 0.6 is 24.0 Å². The van der Waals surface area contributed by atoms with Crippen LogP contribution < -0.4 is 15.4 Å². The van der Waals surface area contributed by atoms with E-state index in [4.69, 9.17) is 12.2 Å². The number of hydrogen-bond donors (Lipinski definition) is 0. The lowest BCUT2D eigenvalue weighted by molar-refractivity contribution is -0.123. The van der Waals surface area contributed by atoms with E-state index in [1.54, 1.807) is 34.6 Å². The van der Waals surface area contributed by atoms with E-state index in [9.17, 15) is 19.2 Å². The zero-order valence-electron chi connectivity index (χ0n) is 23.8. The van der Waals surface area contributed by atoms with Crippen LogP contribution in [0.15, 0.2) is 64.3 Å². The van der Waals surface area contributed by atoms with Gasteiger partial charge in [0.05, 0.1) is 10.9 Å². The van der Waals surface area contributed by atoms with Crippen LogP contribution in [0.2, 0.25) is 0 Å². The molecule has 0 bridgehead atoms. The third-order valence-electron chi connectivity index (χ3n) is 7.83. The van der Waals surface area contributed by atoms with Crippen LogP contribution in [-0.2, 0) is 11.3 Å². The van der Waals surface area contributed by atoms with E-state index < -0.39 is 0 Å². The molecule has 216 valence electrons. The highest BCUT2D eigenvalue weighted by molar-refractivity contribution is 8.26. The first-order valence-corrected chi connectivity index (χ1v) is 15.2. The van der Waals surface area contributed by atoms with Crippen molar-refractivity contribution in [3.05, 3.63) is 97.9 Å². The average molecular weight is 602 g/mol. The molecule has 0 N–H and O–H groups in total. The molecule has 0 saturated carbocycles. The summed E-state index contributed by atoms with van der Waals surface area (Å²) in [6.45, 7) is 8.71. The Morgan fingerprint density at radius 1 is 1.05 bits per heavy atom. The summed E-state index contributed by atoms with van der Waals surface area (Å²) in [7, 11) is 0. The Labute approximate surface area is 254 Å². The van der Waals surface area contributed by atoms with Crippen molar-refractivity contribution in [3.8, 4) is 6.07 Å². The second-order valence-corrected chi connectivity index (χ2v) is 12.1. The summed E-state index contributed by atoms with van der Waals surface area (Å²) in [4.78, 5) is 33.7. The molecule has 1 aromatic heterocycles. The Morgan fingerprint density at radius 3 is 2.31 bits per heavy atom. The number of piperazine rings is 1. The second kappa shape index (κ2) is 12.5. The fraction of sp³-hybridized carbons (Fsp3) is 0.312. The van der Waals surface area contributed by atoms with Crippen LogP contribution in [-0.4, -0.2) is 45.9 Å². The highest BCUT2D eigenvalue weighted by atomic mass is 32.2. The normalized spacial score (nSPS) is 17.2. The maximum absolute atomic E-state index is 13.8. The summed E-state index contributed by atoms with van der Waals surface area (Å²) in [6, 6.07) is 18.1. The number of nitriles is 1. The van der Waals surface area contributed by atoms with Gasteiger partial charge in [-0.1, -0.05) is 61.2 Å². The molecule has 2 aliphatic heterocycles. The molecule has 1 unspecified atom stereocenters. The quantitative estimate of drug-likeness (QED) is 0.248. The Kier molecular flexibility index (Phi) is 8.80. The molecular formula is C32H32FN5O2S2. The number of nitrogens with zero attached hydrogens (tertiary/aromatic N) is 5. The number of thioether (sulfide) groups is 1. The summed E-state index contributed by atoms with van der Waals surface area (Å²) >= 11 is 6.90. The molecule has 1 amide bonds. The van der Waals surface area contributed by atoms with Gasteiger partial charge in [0.25, 0.3) is 11.5 Å². The minimum absolute atomic E-state index is 0.0801. The number of pyridine rings is 1. The monoisotopic (exact) mass is 601 g/mol. The van der Waals surface area contributed by atoms with Crippen molar-refractivity contribution in [1.29, 1.82) is 5.26 Å². The highest BCUT2D eigenvalue weighted by Gasteiger charge is 2.37. The number of carbonyl (C=O) groups excluding carboxylic acids is 1. The van der Waals surface area contributed by atoms with E-state index in [0.29, 0.717) is 65.3 Å². The van der Waals surface area contributed by atoms with Gasteiger partial charge in [0, 0.05) is 44.0 Å². The highest BCUT2D eigenvalue weighted by Crippen LogP contribution is 2.40. The summed E-state index contributed by atoms with van der Waals surface area (Å²) < 4.78 is 15.6. The van der Waals surface area contributed by atoms with Crippen molar-refractivity contribution in [2.45, 2.75) is 39.8 Å². The molecule has 2 fully saturated rings. The predicted molar refractivity (Wildman–Crippen MR) is 171 cm³/mol. The summed E-state index contributed by atoms with van der Waals surface area (Å²) in [5.74, 6) is 0.236.